The number of pyridine rings is 1. The number of carbonyl (C=O) groups excluding carboxylic acids is 1. The molecule has 0 saturated heterocycles. The molecule has 0 saturated carbocycles. The van der Waals surface area contributed by atoms with Gasteiger partial charge in [-0.05, 0) is 6.92 Å². The summed E-state index contributed by atoms with van der Waals surface area (Å²) in [4.78, 5) is 51.4. The van der Waals surface area contributed by atoms with Crippen LogP contribution < -0.4 is 16.7 Å². The van der Waals surface area contributed by atoms with Crippen LogP contribution in [0.4, 0.5) is 0 Å². The van der Waals surface area contributed by atoms with Crippen LogP contribution in [0.3, 0.4) is 0 Å². The number of nitrogens with zero attached hydrogens (tertiary/aromatic N) is 1. The fourth-order valence-corrected chi connectivity index (χ4v) is 1.84. The van der Waals surface area contributed by atoms with Crippen molar-refractivity contribution in [2.75, 3.05) is 7.11 Å². The lowest BCUT2D eigenvalue weighted by Gasteiger charge is -2.07. The molecule has 0 aliphatic carbocycles. The quantitative estimate of drug-likeness (QED) is 0.689. The molecule has 0 radical (unpaired) electrons. The Bertz CT molecular complexity index is 827. The van der Waals surface area contributed by atoms with Gasteiger partial charge in [0.05, 0.1) is 7.11 Å². The zero-order chi connectivity index (χ0) is 14.2. The van der Waals surface area contributed by atoms with Gasteiger partial charge in [-0.25, -0.2) is 9.59 Å². The molecule has 0 aliphatic rings. The monoisotopic (exact) mass is 265 g/mol. The average molecular weight is 265 g/mol. The van der Waals surface area contributed by atoms with Crippen molar-refractivity contribution in [3.05, 3.63) is 42.8 Å². The maximum atomic E-state index is 12.1. The van der Waals surface area contributed by atoms with E-state index in [1.54, 1.807) is 6.92 Å². The molecule has 2 N–H and O–H groups in total. The predicted octanol–water partition coefficient (Wildman–Crippen LogP) is -0.815. The van der Waals surface area contributed by atoms with E-state index in [0.29, 0.717) is 0 Å². The molecule has 100 valence electrons. The van der Waals surface area contributed by atoms with Crippen LogP contribution in [0.1, 0.15) is 17.3 Å². The molecule has 0 bridgehead atoms. The summed E-state index contributed by atoms with van der Waals surface area (Å²) in [7, 11) is 1.13. The molecule has 19 heavy (non-hydrogen) atoms. The second kappa shape index (κ2) is 4.56. The number of aromatic nitrogens is 3. The third-order valence-corrected chi connectivity index (χ3v) is 2.75. The van der Waals surface area contributed by atoms with Crippen LogP contribution in [-0.4, -0.2) is 27.6 Å². The molecular weight excluding hydrogens is 254 g/mol. The number of H-pyrrole nitrogens is 2. The zero-order valence-corrected chi connectivity index (χ0v) is 10.3. The molecule has 2 aromatic heterocycles. The first-order valence-corrected chi connectivity index (χ1v) is 5.48. The van der Waals surface area contributed by atoms with E-state index in [1.807, 2.05) is 4.98 Å². The van der Waals surface area contributed by atoms with Crippen molar-refractivity contribution in [2.24, 2.45) is 0 Å². The number of aromatic amines is 2. The molecular formula is C11H11N3O5. The number of fused-ring (bicyclic) bond motifs is 1. The van der Waals surface area contributed by atoms with E-state index in [4.69, 9.17) is 0 Å². The number of carbonyl (C=O) groups is 1. The van der Waals surface area contributed by atoms with Crippen molar-refractivity contribution >= 4 is 17.0 Å². The molecule has 2 aromatic rings. The summed E-state index contributed by atoms with van der Waals surface area (Å²) in [5.41, 5.74) is -2.45. The van der Waals surface area contributed by atoms with E-state index in [9.17, 15) is 19.2 Å². The van der Waals surface area contributed by atoms with E-state index in [0.717, 1.165) is 13.3 Å². The van der Waals surface area contributed by atoms with Crippen molar-refractivity contribution < 1.29 is 9.53 Å². The Labute approximate surface area is 105 Å². The Morgan fingerprint density at radius 3 is 2.63 bits per heavy atom. The smallest absolute Gasteiger partial charge is 0.343 e. The minimum atomic E-state index is -0.850. The number of aryl methyl sites for hydroxylation is 1. The molecule has 0 fully saturated rings. The van der Waals surface area contributed by atoms with E-state index < -0.39 is 22.6 Å². The van der Waals surface area contributed by atoms with Crippen LogP contribution in [0.5, 0.6) is 0 Å². The lowest BCUT2D eigenvalue weighted by atomic mass is 10.2. The summed E-state index contributed by atoms with van der Waals surface area (Å²) in [6, 6.07) is 0. The van der Waals surface area contributed by atoms with Crippen LogP contribution in [0.25, 0.3) is 11.0 Å². The number of rotatable bonds is 2. The number of hydrogen-bond donors (Lipinski definition) is 2. The Balaban J connectivity index is 3.00. The highest BCUT2D eigenvalue weighted by Gasteiger charge is 2.17. The van der Waals surface area contributed by atoms with Gasteiger partial charge in [-0.3, -0.25) is 19.1 Å². The van der Waals surface area contributed by atoms with Gasteiger partial charge < -0.3 is 9.72 Å². The second-order valence-electron chi connectivity index (χ2n) is 3.75. The van der Waals surface area contributed by atoms with Crippen molar-refractivity contribution in [1.82, 2.24) is 14.5 Å². The third-order valence-electron chi connectivity index (χ3n) is 2.75. The molecule has 2 rings (SSSR count). The summed E-state index contributed by atoms with van der Waals surface area (Å²) in [6.45, 7) is 1.95. The topological polar surface area (TPSA) is 114 Å². The summed E-state index contributed by atoms with van der Waals surface area (Å²) in [6.07, 6.45) is 1.13. The molecule has 8 heteroatoms. The highest BCUT2D eigenvalue weighted by Crippen LogP contribution is 2.02. The standard InChI is InChI=1S/C11H11N3O5/c1-3-14-8-6(9(16)13-11(14)18)7(15)5(4-12-8)10(17)19-2/h4H,3H2,1-2H3,(H,12,15)(H,13,16,18). The highest BCUT2D eigenvalue weighted by atomic mass is 16.5. The number of hydrogen-bond acceptors (Lipinski definition) is 5. The number of ether oxygens (including phenoxy) is 1. The maximum absolute atomic E-state index is 12.1. The van der Waals surface area contributed by atoms with Crippen LogP contribution in [0, 0.1) is 0 Å². The second-order valence-corrected chi connectivity index (χ2v) is 3.75. The van der Waals surface area contributed by atoms with Crippen molar-refractivity contribution in [3.63, 3.8) is 0 Å². The summed E-state index contributed by atoms with van der Waals surface area (Å²) >= 11 is 0. The van der Waals surface area contributed by atoms with Crippen molar-refractivity contribution in [3.8, 4) is 0 Å². The highest BCUT2D eigenvalue weighted by molar-refractivity contribution is 5.92. The molecule has 0 unspecified atom stereocenters. The van der Waals surface area contributed by atoms with Gasteiger partial charge in [0.15, 0.2) is 0 Å². The molecule has 2 heterocycles. The lowest BCUT2D eigenvalue weighted by molar-refractivity contribution is 0.0599. The van der Waals surface area contributed by atoms with Gasteiger partial charge in [0, 0.05) is 12.7 Å². The number of methoxy groups -OCH3 is 1. The Morgan fingerprint density at radius 2 is 2.05 bits per heavy atom. The predicted molar refractivity (Wildman–Crippen MR) is 66.5 cm³/mol. The van der Waals surface area contributed by atoms with Gasteiger partial charge in [0.2, 0.25) is 5.43 Å². The molecule has 0 aromatic carbocycles. The van der Waals surface area contributed by atoms with Gasteiger partial charge in [0.1, 0.15) is 16.6 Å². The minimum Gasteiger partial charge on any atom is -0.465 e. The van der Waals surface area contributed by atoms with E-state index in [1.165, 1.54) is 4.57 Å². The lowest BCUT2D eigenvalue weighted by Crippen LogP contribution is -2.34. The maximum Gasteiger partial charge on any atom is 0.343 e. The molecule has 0 atom stereocenters. The van der Waals surface area contributed by atoms with Crippen LogP contribution in [-0.2, 0) is 11.3 Å². The molecule has 0 aliphatic heterocycles. The van der Waals surface area contributed by atoms with Crippen molar-refractivity contribution in [2.45, 2.75) is 13.5 Å². The van der Waals surface area contributed by atoms with E-state index in [-0.39, 0.29) is 23.1 Å². The van der Waals surface area contributed by atoms with Crippen LogP contribution in [0.15, 0.2) is 20.6 Å². The first-order chi connectivity index (χ1) is 9.01. The molecule has 0 amide bonds. The summed E-state index contributed by atoms with van der Waals surface area (Å²) in [5.74, 6) is -0.850. The third kappa shape index (κ3) is 1.86. The van der Waals surface area contributed by atoms with Gasteiger partial charge >= 0.3 is 11.7 Å². The Morgan fingerprint density at radius 1 is 1.37 bits per heavy atom. The normalized spacial score (nSPS) is 10.6. The summed E-state index contributed by atoms with van der Waals surface area (Å²) < 4.78 is 5.64. The van der Waals surface area contributed by atoms with Gasteiger partial charge in [0.25, 0.3) is 5.56 Å². The fourth-order valence-electron chi connectivity index (χ4n) is 1.84. The van der Waals surface area contributed by atoms with Crippen molar-refractivity contribution in [1.29, 1.82) is 0 Å². The SMILES string of the molecule is CCn1c(=O)[nH]c(=O)c2c(=O)c(C(=O)OC)c[nH]c21. The number of nitrogens with one attached hydrogen (secondary N) is 2. The van der Waals surface area contributed by atoms with Crippen LogP contribution >= 0.6 is 0 Å². The summed E-state index contributed by atoms with van der Waals surface area (Å²) in [5, 5.41) is -0.274. The molecule has 8 nitrogen and oxygen atoms in total. The van der Waals surface area contributed by atoms with Gasteiger partial charge in [-0.2, -0.15) is 0 Å². The largest absolute Gasteiger partial charge is 0.465 e. The molecule has 0 spiro atoms. The average Bonchev–Trinajstić information content (AvgIpc) is 2.38. The first kappa shape index (κ1) is 12.8. The zero-order valence-electron chi connectivity index (χ0n) is 10.3. The van der Waals surface area contributed by atoms with E-state index >= 15 is 0 Å². The van der Waals surface area contributed by atoms with Gasteiger partial charge in [-0.1, -0.05) is 0 Å². The Hall–Kier alpha value is -2.64. The van der Waals surface area contributed by atoms with Crippen LogP contribution in [0.2, 0.25) is 0 Å². The fraction of sp³-hybridized carbons (Fsp3) is 0.273. The Kier molecular flexibility index (Phi) is 3.07. The van der Waals surface area contributed by atoms with E-state index in [2.05, 4.69) is 9.72 Å². The van der Waals surface area contributed by atoms with Gasteiger partial charge in [-0.15, -0.1) is 0 Å². The number of esters is 1. The minimum absolute atomic E-state index is 0.0777. The first-order valence-electron chi connectivity index (χ1n) is 5.48.